The first-order chi connectivity index (χ1) is 9.07. The van der Waals surface area contributed by atoms with Gasteiger partial charge in [0.25, 0.3) is 0 Å². The van der Waals surface area contributed by atoms with Crippen LogP contribution in [0.15, 0.2) is 6.07 Å². The molecule has 102 valence electrons. The van der Waals surface area contributed by atoms with E-state index in [9.17, 15) is 9.18 Å². The van der Waals surface area contributed by atoms with Crippen molar-refractivity contribution in [3.8, 4) is 17.2 Å². The Kier molecular flexibility index (Phi) is 2.55. The molecule has 2 aliphatic rings. The fourth-order valence-electron chi connectivity index (χ4n) is 2.57. The van der Waals surface area contributed by atoms with Gasteiger partial charge >= 0.3 is 5.97 Å². The van der Waals surface area contributed by atoms with E-state index in [1.807, 2.05) is 0 Å². The average Bonchev–Trinajstić information content (AvgIpc) is 2.96. The van der Waals surface area contributed by atoms with E-state index in [1.165, 1.54) is 13.2 Å². The van der Waals surface area contributed by atoms with Crippen LogP contribution in [0.4, 0.5) is 4.39 Å². The van der Waals surface area contributed by atoms with Crippen molar-refractivity contribution < 1.29 is 28.5 Å². The predicted octanol–water partition coefficient (Wildman–Crippen LogP) is 2.07. The van der Waals surface area contributed by atoms with E-state index >= 15 is 0 Å². The fraction of sp³-hybridized carbons (Fsp3) is 0.462. The summed E-state index contributed by atoms with van der Waals surface area (Å²) in [6, 6.07) is 1.43. The minimum absolute atomic E-state index is 0.0120. The molecule has 0 spiro atoms. The quantitative estimate of drug-likeness (QED) is 0.905. The topological polar surface area (TPSA) is 65.0 Å². The van der Waals surface area contributed by atoms with Crippen LogP contribution in [0.2, 0.25) is 0 Å². The highest BCUT2D eigenvalue weighted by atomic mass is 19.1. The molecule has 1 fully saturated rings. The molecule has 0 radical (unpaired) electrons. The van der Waals surface area contributed by atoms with Crippen LogP contribution in [-0.2, 0) is 10.2 Å². The van der Waals surface area contributed by atoms with E-state index in [0.29, 0.717) is 24.3 Å². The number of aliphatic carboxylic acids is 1. The molecule has 1 aromatic rings. The second-order valence-corrected chi connectivity index (χ2v) is 4.85. The van der Waals surface area contributed by atoms with E-state index in [2.05, 4.69) is 0 Å². The Balaban J connectivity index is 2.15. The van der Waals surface area contributed by atoms with E-state index in [4.69, 9.17) is 19.3 Å². The number of ether oxygens (including phenoxy) is 3. The molecule has 3 rings (SSSR count). The van der Waals surface area contributed by atoms with Crippen molar-refractivity contribution in [3.05, 3.63) is 17.4 Å². The Bertz CT molecular complexity index is 550. The minimum atomic E-state index is -0.951. The van der Waals surface area contributed by atoms with Crippen molar-refractivity contribution in [2.24, 2.45) is 0 Å². The number of carbonyl (C=O) groups is 1. The number of rotatable bonds is 4. The molecule has 1 aliphatic carbocycles. The molecule has 0 saturated heterocycles. The summed E-state index contributed by atoms with van der Waals surface area (Å²) in [5.41, 5.74) is -0.413. The summed E-state index contributed by atoms with van der Waals surface area (Å²) >= 11 is 0. The monoisotopic (exact) mass is 268 g/mol. The van der Waals surface area contributed by atoms with Gasteiger partial charge in [0.2, 0.25) is 6.79 Å². The lowest BCUT2D eigenvalue weighted by Crippen LogP contribution is -2.16. The zero-order chi connectivity index (χ0) is 13.6. The van der Waals surface area contributed by atoms with Crippen LogP contribution >= 0.6 is 0 Å². The van der Waals surface area contributed by atoms with Crippen LogP contribution in [0.25, 0.3) is 0 Å². The lowest BCUT2D eigenvalue weighted by Gasteiger charge is -2.18. The first kappa shape index (κ1) is 12.1. The Morgan fingerprint density at radius 2 is 2.26 bits per heavy atom. The molecule has 0 amide bonds. The maximum Gasteiger partial charge on any atom is 0.304 e. The SMILES string of the molecule is COc1cc2c(c(C3(CC(=O)O)CC3)c1F)OCO2. The standard InChI is InChI=1S/C13H13FO5/c1-17-7-4-8-12(19-6-18-8)10(11(7)14)13(2-3-13)5-9(15)16/h4H,2-3,5-6H2,1H3,(H,15,16). The van der Waals surface area contributed by atoms with Crippen LogP contribution in [0, 0.1) is 5.82 Å². The van der Waals surface area contributed by atoms with Gasteiger partial charge in [-0.15, -0.1) is 0 Å². The molecular weight excluding hydrogens is 255 g/mol. The maximum absolute atomic E-state index is 14.5. The predicted molar refractivity (Wildman–Crippen MR) is 62.2 cm³/mol. The van der Waals surface area contributed by atoms with Gasteiger partial charge in [-0.25, -0.2) is 4.39 Å². The van der Waals surface area contributed by atoms with E-state index in [-0.39, 0.29) is 24.5 Å². The third kappa shape index (κ3) is 1.78. The van der Waals surface area contributed by atoms with Crippen LogP contribution < -0.4 is 14.2 Å². The summed E-state index contributed by atoms with van der Waals surface area (Å²) in [4.78, 5) is 11.0. The van der Waals surface area contributed by atoms with Gasteiger partial charge in [0, 0.05) is 17.0 Å². The minimum Gasteiger partial charge on any atom is -0.494 e. The van der Waals surface area contributed by atoms with Gasteiger partial charge < -0.3 is 19.3 Å². The third-order valence-electron chi connectivity index (χ3n) is 3.66. The first-order valence-electron chi connectivity index (χ1n) is 5.96. The molecule has 0 aromatic heterocycles. The van der Waals surface area contributed by atoms with Crippen molar-refractivity contribution in [3.63, 3.8) is 0 Å². The molecule has 1 N–H and O–H groups in total. The van der Waals surface area contributed by atoms with Crippen molar-refractivity contribution in [2.75, 3.05) is 13.9 Å². The van der Waals surface area contributed by atoms with Gasteiger partial charge in [0.1, 0.15) is 0 Å². The molecule has 1 aliphatic heterocycles. The number of methoxy groups -OCH3 is 1. The van der Waals surface area contributed by atoms with Crippen molar-refractivity contribution in [1.29, 1.82) is 0 Å². The summed E-state index contributed by atoms with van der Waals surface area (Å²) in [7, 11) is 1.36. The molecule has 1 heterocycles. The molecule has 1 saturated carbocycles. The lowest BCUT2D eigenvalue weighted by atomic mass is 9.90. The molecule has 19 heavy (non-hydrogen) atoms. The number of carboxylic acids is 1. The summed E-state index contributed by atoms with van der Waals surface area (Å²) in [5, 5.41) is 8.99. The van der Waals surface area contributed by atoms with Gasteiger partial charge in [-0.3, -0.25) is 4.79 Å². The highest BCUT2D eigenvalue weighted by molar-refractivity contribution is 5.71. The fourth-order valence-corrected chi connectivity index (χ4v) is 2.57. The number of hydrogen-bond donors (Lipinski definition) is 1. The summed E-state index contributed by atoms with van der Waals surface area (Å²) in [5.74, 6) is -0.726. The van der Waals surface area contributed by atoms with Gasteiger partial charge in [-0.05, 0) is 12.8 Å². The normalized spacial score (nSPS) is 18.2. The van der Waals surface area contributed by atoms with Crippen molar-refractivity contribution in [2.45, 2.75) is 24.7 Å². The Morgan fingerprint density at radius 1 is 1.53 bits per heavy atom. The zero-order valence-electron chi connectivity index (χ0n) is 10.4. The largest absolute Gasteiger partial charge is 0.494 e. The smallest absolute Gasteiger partial charge is 0.304 e. The maximum atomic E-state index is 14.5. The molecule has 1 aromatic carbocycles. The second-order valence-electron chi connectivity index (χ2n) is 4.85. The summed E-state index contributed by atoms with van der Waals surface area (Å²) in [6.45, 7) is 0.0120. The number of hydrogen-bond acceptors (Lipinski definition) is 4. The summed E-state index contributed by atoms with van der Waals surface area (Å²) in [6.07, 6.45) is 1.13. The Morgan fingerprint density at radius 3 is 2.84 bits per heavy atom. The van der Waals surface area contributed by atoms with Crippen molar-refractivity contribution >= 4 is 5.97 Å². The molecule has 0 bridgehead atoms. The third-order valence-corrected chi connectivity index (χ3v) is 3.66. The van der Waals surface area contributed by atoms with Crippen LogP contribution in [0.5, 0.6) is 17.2 Å². The van der Waals surface area contributed by atoms with Gasteiger partial charge in [-0.1, -0.05) is 0 Å². The van der Waals surface area contributed by atoms with Crippen LogP contribution in [0.1, 0.15) is 24.8 Å². The van der Waals surface area contributed by atoms with E-state index in [1.54, 1.807) is 0 Å². The first-order valence-corrected chi connectivity index (χ1v) is 5.96. The van der Waals surface area contributed by atoms with E-state index in [0.717, 1.165) is 0 Å². The Hall–Kier alpha value is -1.98. The molecule has 6 heteroatoms. The van der Waals surface area contributed by atoms with Gasteiger partial charge in [-0.2, -0.15) is 0 Å². The lowest BCUT2D eigenvalue weighted by molar-refractivity contribution is -0.137. The Labute approximate surface area is 108 Å². The van der Waals surface area contributed by atoms with Gasteiger partial charge in [0.15, 0.2) is 23.1 Å². The number of benzene rings is 1. The summed E-state index contributed by atoms with van der Waals surface area (Å²) < 4.78 is 30.0. The molecule has 0 atom stereocenters. The van der Waals surface area contributed by atoms with Crippen LogP contribution in [0.3, 0.4) is 0 Å². The molecule has 5 nitrogen and oxygen atoms in total. The number of halogens is 1. The second kappa shape index (κ2) is 4.01. The zero-order valence-corrected chi connectivity index (χ0v) is 10.4. The van der Waals surface area contributed by atoms with E-state index < -0.39 is 17.2 Å². The highest BCUT2D eigenvalue weighted by Crippen LogP contribution is 2.58. The highest BCUT2D eigenvalue weighted by Gasteiger charge is 2.51. The molecular formula is C13H13FO5. The van der Waals surface area contributed by atoms with Gasteiger partial charge in [0.05, 0.1) is 13.5 Å². The molecule has 0 unspecified atom stereocenters. The number of carboxylic acid groups (broad SMARTS) is 1. The average molecular weight is 268 g/mol. The van der Waals surface area contributed by atoms with Crippen molar-refractivity contribution in [1.82, 2.24) is 0 Å². The number of fused-ring (bicyclic) bond motifs is 1. The van der Waals surface area contributed by atoms with Crippen LogP contribution in [-0.4, -0.2) is 25.0 Å².